The van der Waals surface area contributed by atoms with Gasteiger partial charge in [-0.2, -0.15) is 0 Å². The van der Waals surface area contributed by atoms with Gasteiger partial charge in [0.1, 0.15) is 0 Å². The molecule has 0 saturated carbocycles. The molecule has 152 valence electrons. The second-order valence-electron chi connectivity index (χ2n) is 6.62. The van der Waals surface area contributed by atoms with Crippen molar-refractivity contribution in [3.8, 4) is 0 Å². The molecule has 0 fully saturated rings. The SMILES string of the molecule is CCCCCCS(=O)(=O)CCOC[C@H](O)CS(=O)(=O)CCCCCC. The summed E-state index contributed by atoms with van der Waals surface area (Å²) in [6.07, 6.45) is 6.09. The fourth-order valence-corrected chi connectivity index (χ4v) is 5.14. The lowest BCUT2D eigenvalue weighted by Crippen LogP contribution is -2.28. The molecule has 0 bridgehead atoms. The lowest BCUT2D eigenvalue weighted by molar-refractivity contribution is 0.0550. The van der Waals surface area contributed by atoms with E-state index >= 15 is 0 Å². The minimum atomic E-state index is -3.29. The van der Waals surface area contributed by atoms with E-state index in [4.69, 9.17) is 4.74 Å². The average Bonchev–Trinajstić information content (AvgIpc) is 2.52. The molecule has 25 heavy (non-hydrogen) atoms. The van der Waals surface area contributed by atoms with Crippen LogP contribution in [0.1, 0.15) is 65.2 Å². The van der Waals surface area contributed by atoms with Crippen LogP contribution in [0, 0.1) is 0 Å². The van der Waals surface area contributed by atoms with Gasteiger partial charge >= 0.3 is 0 Å². The number of hydrogen-bond donors (Lipinski definition) is 1. The molecule has 0 aliphatic heterocycles. The van der Waals surface area contributed by atoms with Crippen molar-refractivity contribution >= 4 is 19.7 Å². The van der Waals surface area contributed by atoms with E-state index in [2.05, 4.69) is 13.8 Å². The molecule has 0 saturated heterocycles. The number of ether oxygens (including phenoxy) is 1. The third-order valence-corrected chi connectivity index (χ3v) is 7.42. The summed E-state index contributed by atoms with van der Waals surface area (Å²) in [4.78, 5) is 0. The van der Waals surface area contributed by atoms with Crippen molar-refractivity contribution in [2.24, 2.45) is 0 Å². The van der Waals surface area contributed by atoms with Crippen LogP contribution in [0.15, 0.2) is 0 Å². The maximum atomic E-state index is 11.9. The van der Waals surface area contributed by atoms with Gasteiger partial charge in [-0.3, -0.25) is 0 Å². The van der Waals surface area contributed by atoms with Crippen molar-refractivity contribution in [1.82, 2.24) is 0 Å². The van der Waals surface area contributed by atoms with Crippen LogP contribution in [0.3, 0.4) is 0 Å². The first-order valence-corrected chi connectivity index (χ1v) is 13.0. The Bertz CT molecular complexity index is 513. The van der Waals surface area contributed by atoms with Crippen LogP contribution in [0.25, 0.3) is 0 Å². The van der Waals surface area contributed by atoms with E-state index in [1.165, 1.54) is 0 Å². The zero-order chi connectivity index (χ0) is 19.2. The maximum Gasteiger partial charge on any atom is 0.152 e. The van der Waals surface area contributed by atoms with Gasteiger partial charge in [-0.05, 0) is 12.8 Å². The number of sulfone groups is 2. The molecule has 0 rings (SSSR count). The molecule has 0 unspecified atom stereocenters. The normalized spacial score (nSPS) is 13.9. The number of rotatable bonds is 17. The second kappa shape index (κ2) is 13.9. The molecule has 1 N–H and O–H groups in total. The van der Waals surface area contributed by atoms with Crippen LogP contribution in [0.2, 0.25) is 0 Å². The van der Waals surface area contributed by atoms with E-state index < -0.39 is 25.8 Å². The highest BCUT2D eigenvalue weighted by Gasteiger charge is 2.18. The fraction of sp³-hybridized carbons (Fsp3) is 1.00. The van der Waals surface area contributed by atoms with E-state index in [-0.39, 0.29) is 36.2 Å². The number of unbranched alkanes of at least 4 members (excludes halogenated alkanes) is 6. The molecular weight excluding hydrogens is 364 g/mol. The van der Waals surface area contributed by atoms with Gasteiger partial charge in [-0.1, -0.05) is 52.4 Å². The van der Waals surface area contributed by atoms with Gasteiger partial charge < -0.3 is 9.84 Å². The summed E-state index contributed by atoms with van der Waals surface area (Å²) in [6.45, 7) is 3.96. The van der Waals surface area contributed by atoms with Crippen molar-refractivity contribution in [3.05, 3.63) is 0 Å². The first-order chi connectivity index (χ1) is 11.7. The quantitative estimate of drug-likeness (QED) is 0.376. The molecule has 0 aromatic heterocycles. The average molecular weight is 401 g/mol. The monoisotopic (exact) mass is 400 g/mol. The van der Waals surface area contributed by atoms with Crippen LogP contribution in [0.5, 0.6) is 0 Å². The molecule has 0 aliphatic carbocycles. The number of aliphatic hydroxyl groups is 1. The number of aliphatic hydroxyl groups excluding tert-OH is 1. The summed E-state index contributed by atoms with van der Waals surface area (Å²) in [5, 5.41) is 9.76. The largest absolute Gasteiger partial charge is 0.390 e. The Kier molecular flexibility index (Phi) is 13.8. The predicted molar refractivity (Wildman–Crippen MR) is 102 cm³/mol. The molecule has 0 amide bonds. The molecule has 1 atom stereocenters. The third-order valence-electron chi connectivity index (χ3n) is 3.91. The minimum Gasteiger partial charge on any atom is -0.390 e. The van der Waals surface area contributed by atoms with E-state index in [0.29, 0.717) is 12.8 Å². The summed E-state index contributed by atoms with van der Waals surface area (Å²) in [5.74, 6) is -0.181. The number of hydrogen-bond acceptors (Lipinski definition) is 6. The van der Waals surface area contributed by atoms with Crippen molar-refractivity contribution in [2.75, 3.05) is 36.2 Å². The first-order valence-electron chi connectivity index (χ1n) is 9.39. The molecule has 0 heterocycles. The molecular formula is C17H36O6S2. The Morgan fingerprint density at radius 3 is 1.80 bits per heavy atom. The highest BCUT2D eigenvalue weighted by Crippen LogP contribution is 2.05. The zero-order valence-electron chi connectivity index (χ0n) is 15.8. The lowest BCUT2D eigenvalue weighted by Gasteiger charge is -2.12. The molecule has 8 heteroatoms. The van der Waals surface area contributed by atoms with Crippen LogP contribution >= 0.6 is 0 Å². The molecule has 0 aromatic carbocycles. The molecule has 0 spiro atoms. The highest BCUT2D eigenvalue weighted by atomic mass is 32.2. The lowest BCUT2D eigenvalue weighted by atomic mass is 10.2. The van der Waals surface area contributed by atoms with Gasteiger partial charge in [0.25, 0.3) is 0 Å². The second-order valence-corrected chi connectivity index (χ2v) is 11.1. The molecule has 0 radical (unpaired) electrons. The van der Waals surface area contributed by atoms with Crippen molar-refractivity contribution in [1.29, 1.82) is 0 Å². The molecule has 6 nitrogen and oxygen atoms in total. The van der Waals surface area contributed by atoms with Crippen LogP contribution < -0.4 is 0 Å². The smallest absolute Gasteiger partial charge is 0.152 e. The summed E-state index contributed by atoms with van der Waals surface area (Å²) in [7, 11) is -6.43. The topological polar surface area (TPSA) is 97.7 Å². The van der Waals surface area contributed by atoms with Gasteiger partial charge in [0.15, 0.2) is 19.7 Å². The third kappa shape index (κ3) is 15.8. The van der Waals surface area contributed by atoms with Gasteiger partial charge in [-0.15, -0.1) is 0 Å². The Morgan fingerprint density at radius 1 is 0.760 bits per heavy atom. The van der Waals surface area contributed by atoms with Gasteiger partial charge in [0.2, 0.25) is 0 Å². The Hall–Kier alpha value is -0.180. The Labute approximate surface area is 154 Å². The van der Waals surface area contributed by atoms with E-state index in [1.807, 2.05) is 0 Å². The molecule has 0 aliphatic rings. The van der Waals surface area contributed by atoms with Gasteiger partial charge in [-0.25, -0.2) is 16.8 Å². The standard InChI is InChI=1S/C17H36O6S2/c1-3-5-7-9-12-24(19,20)14-11-23-15-17(18)16-25(21,22)13-10-8-6-4-2/h17-18H,3-16H2,1-2H3/t17-/m0/s1. The first kappa shape index (κ1) is 24.8. The van der Waals surface area contributed by atoms with Crippen LogP contribution in [-0.4, -0.2) is 64.3 Å². The predicted octanol–water partition coefficient (Wildman–Crippen LogP) is 2.35. The Balaban J connectivity index is 3.89. The zero-order valence-corrected chi connectivity index (χ0v) is 17.4. The van der Waals surface area contributed by atoms with Crippen LogP contribution in [0.4, 0.5) is 0 Å². The van der Waals surface area contributed by atoms with E-state index in [9.17, 15) is 21.9 Å². The van der Waals surface area contributed by atoms with Crippen molar-refractivity contribution in [3.63, 3.8) is 0 Å². The molecule has 0 aromatic rings. The van der Waals surface area contributed by atoms with E-state index in [1.54, 1.807) is 0 Å². The van der Waals surface area contributed by atoms with Gasteiger partial charge in [0.05, 0.1) is 42.3 Å². The maximum absolute atomic E-state index is 11.9. The highest BCUT2D eigenvalue weighted by molar-refractivity contribution is 7.91. The summed E-state index contributed by atoms with van der Waals surface area (Å²) in [5.41, 5.74) is 0. The Morgan fingerprint density at radius 2 is 1.28 bits per heavy atom. The fourth-order valence-electron chi connectivity index (χ4n) is 2.43. The summed E-state index contributed by atoms with van der Waals surface area (Å²) < 4.78 is 52.5. The van der Waals surface area contributed by atoms with Crippen molar-refractivity contribution < 1.29 is 26.7 Å². The van der Waals surface area contributed by atoms with Crippen molar-refractivity contribution in [2.45, 2.75) is 71.3 Å². The van der Waals surface area contributed by atoms with Gasteiger partial charge in [0, 0.05) is 0 Å². The van der Waals surface area contributed by atoms with E-state index in [0.717, 1.165) is 38.5 Å². The van der Waals surface area contributed by atoms with Crippen LogP contribution in [-0.2, 0) is 24.4 Å². The minimum absolute atomic E-state index is 0.0102. The summed E-state index contributed by atoms with van der Waals surface area (Å²) >= 11 is 0. The summed E-state index contributed by atoms with van der Waals surface area (Å²) in [6, 6.07) is 0.